The molecule has 4 nitrogen and oxygen atoms in total. The lowest BCUT2D eigenvalue weighted by atomic mass is 10.1. The van der Waals surface area contributed by atoms with Crippen LogP contribution >= 0.6 is 0 Å². The molecule has 1 N–H and O–H groups in total. The molecule has 0 unspecified atom stereocenters. The quantitative estimate of drug-likeness (QED) is 0.805. The number of imidazole rings is 1. The SMILES string of the molecule is Cc1ccc(-c2c(C(=O)NC3CC3)nc3ccccn23)cc1. The van der Waals surface area contributed by atoms with E-state index < -0.39 is 0 Å². The predicted octanol–water partition coefficient (Wildman–Crippen LogP) is 3.20. The van der Waals surface area contributed by atoms with Crippen molar-refractivity contribution in [3.8, 4) is 11.3 Å². The van der Waals surface area contributed by atoms with Crippen LogP contribution in [0.25, 0.3) is 16.9 Å². The molecule has 22 heavy (non-hydrogen) atoms. The van der Waals surface area contributed by atoms with E-state index in [1.54, 1.807) is 0 Å². The van der Waals surface area contributed by atoms with E-state index in [0.29, 0.717) is 11.7 Å². The van der Waals surface area contributed by atoms with Crippen LogP contribution in [0.5, 0.6) is 0 Å². The largest absolute Gasteiger partial charge is 0.348 e. The van der Waals surface area contributed by atoms with Gasteiger partial charge in [0.25, 0.3) is 5.91 Å². The molecule has 1 amide bonds. The summed E-state index contributed by atoms with van der Waals surface area (Å²) >= 11 is 0. The third-order valence-corrected chi connectivity index (χ3v) is 3.98. The number of aryl methyl sites for hydroxylation is 1. The number of amides is 1. The fraction of sp³-hybridized carbons (Fsp3) is 0.222. The molecule has 2 heterocycles. The highest BCUT2D eigenvalue weighted by Crippen LogP contribution is 2.27. The van der Waals surface area contributed by atoms with Crippen molar-refractivity contribution in [3.05, 3.63) is 59.9 Å². The van der Waals surface area contributed by atoms with E-state index in [1.165, 1.54) is 5.56 Å². The van der Waals surface area contributed by atoms with Crippen molar-refractivity contribution in [2.45, 2.75) is 25.8 Å². The van der Waals surface area contributed by atoms with Gasteiger partial charge in [0.15, 0.2) is 5.69 Å². The summed E-state index contributed by atoms with van der Waals surface area (Å²) in [5.74, 6) is -0.0817. The highest BCUT2D eigenvalue weighted by atomic mass is 16.2. The Balaban J connectivity index is 1.89. The highest BCUT2D eigenvalue weighted by Gasteiger charge is 2.27. The fourth-order valence-electron chi connectivity index (χ4n) is 2.62. The molecule has 0 saturated heterocycles. The minimum Gasteiger partial charge on any atom is -0.348 e. The van der Waals surface area contributed by atoms with Crippen LogP contribution in [0.3, 0.4) is 0 Å². The second-order valence-electron chi connectivity index (χ2n) is 5.85. The minimum atomic E-state index is -0.0817. The molecule has 0 aliphatic heterocycles. The molecule has 1 aliphatic rings. The number of hydrogen-bond donors (Lipinski definition) is 1. The highest BCUT2D eigenvalue weighted by molar-refractivity contribution is 5.99. The molecule has 0 spiro atoms. The Morgan fingerprint density at radius 1 is 1.18 bits per heavy atom. The van der Waals surface area contributed by atoms with Gasteiger partial charge in [-0.1, -0.05) is 35.9 Å². The second kappa shape index (κ2) is 4.98. The van der Waals surface area contributed by atoms with Crippen molar-refractivity contribution in [1.29, 1.82) is 0 Å². The molecule has 0 atom stereocenters. The molecule has 3 aromatic rings. The Morgan fingerprint density at radius 3 is 2.68 bits per heavy atom. The van der Waals surface area contributed by atoms with Crippen molar-refractivity contribution >= 4 is 11.6 Å². The molecule has 1 aliphatic carbocycles. The van der Waals surface area contributed by atoms with Crippen molar-refractivity contribution < 1.29 is 4.79 Å². The van der Waals surface area contributed by atoms with E-state index in [9.17, 15) is 4.79 Å². The smallest absolute Gasteiger partial charge is 0.272 e. The third-order valence-electron chi connectivity index (χ3n) is 3.98. The summed E-state index contributed by atoms with van der Waals surface area (Å²) in [4.78, 5) is 17.1. The number of benzene rings is 1. The first kappa shape index (κ1) is 13.1. The average Bonchev–Trinajstić information content (AvgIpc) is 3.25. The van der Waals surface area contributed by atoms with Crippen LogP contribution in [0.15, 0.2) is 48.7 Å². The van der Waals surface area contributed by atoms with Gasteiger partial charge in [-0.25, -0.2) is 4.98 Å². The zero-order chi connectivity index (χ0) is 15.1. The Bertz CT molecular complexity index is 844. The van der Waals surface area contributed by atoms with Gasteiger partial charge < -0.3 is 5.32 Å². The zero-order valence-corrected chi connectivity index (χ0v) is 12.4. The lowest BCUT2D eigenvalue weighted by molar-refractivity contribution is 0.0947. The second-order valence-corrected chi connectivity index (χ2v) is 5.85. The number of carbonyl (C=O) groups is 1. The number of pyridine rings is 1. The van der Waals surface area contributed by atoms with Crippen LogP contribution < -0.4 is 5.32 Å². The van der Waals surface area contributed by atoms with E-state index in [1.807, 2.05) is 40.9 Å². The zero-order valence-electron chi connectivity index (χ0n) is 12.4. The molecule has 1 fully saturated rings. The van der Waals surface area contributed by atoms with Gasteiger partial charge in [0.2, 0.25) is 0 Å². The standard InChI is InChI=1S/C18H17N3O/c1-12-5-7-13(8-6-12)17-16(18(22)19-14-9-10-14)20-15-4-2-3-11-21(15)17/h2-8,11,14H,9-10H2,1H3,(H,19,22). The summed E-state index contributed by atoms with van der Waals surface area (Å²) in [7, 11) is 0. The van der Waals surface area contributed by atoms with Crippen molar-refractivity contribution in [2.75, 3.05) is 0 Å². The van der Waals surface area contributed by atoms with Crippen LogP contribution in [-0.4, -0.2) is 21.3 Å². The van der Waals surface area contributed by atoms with Gasteiger partial charge in [0.05, 0.1) is 5.69 Å². The molecule has 2 aromatic heterocycles. The summed E-state index contributed by atoms with van der Waals surface area (Å²) in [6.45, 7) is 2.05. The first-order chi connectivity index (χ1) is 10.7. The van der Waals surface area contributed by atoms with Crippen LogP contribution in [-0.2, 0) is 0 Å². The van der Waals surface area contributed by atoms with Gasteiger partial charge in [-0.2, -0.15) is 0 Å². The number of hydrogen-bond acceptors (Lipinski definition) is 2. The summed E-state index contributed by atoms with van der Waals surface area (Å²) in [5.41, 5.74) is 4.35. The summed E-state index contributed by atoms with van der Waals surface area (Å²) in [6, 6.07) is 14.3. The summed E-state index contributed by atoms with van der Waals surface area (Å²) in [5, 5.41) is 3.04. The first-order valence-electron chi connectivity index (χ1n) is 7.57. The molecule has 0 radical (unpaired) electrons. The maximum absolute atomic E-state index is 12.5. The maximum atomic E-state index is 12.5. The van der Waals surface area contributed by atoms with Crippen LogP contribution in [0.4, 0.5) is 0 Å². The van der Waals surface area contributed by atoms with Gasteiger partial charge in [0.1, 0.15) is 5.65 Å². The van der Waals surface area contributed by atoms with Gasteiger partial charge in [-0.15, -0.1) is 0 Å². The number of nitrogens with zero attached hydrogens (tertiary/aromatic N) is 2. The topological polar surface area (TPSA) is 46.4 Å². The van der Waals surface area contributed by atoms with E-state index >= 15 is 0 Å². The third kappa shape index (κ3) is 2.26. The molecule has 4 heteroatoms. The van der Waals surface area contributed by atoms with Crippen LogP contribution in [0.1, 0.15) is 28.9 Å². The molecular formula is C18H17N3O. The van der Waals surface area contributed by atoms with Crippen molar-refractivity contribution in [1.82, 2.24) is 14.7 Å². The van der Waals surface area contributed by atoms with E-state index in [4.69, 9.17) is 0 Å². The lowest BCUT2D eigenvalue weighted by Crippen LogP contribution is -2.26. The lowest BCUT2D eigenvalue weighted by Gasteiger charge is -2.06. The van der Waals surface area contributed by atoms with Crippen molar-refractivity contribution in [2.24, 2.45) is 0 Å². The molecular weight excluding hydrogens is 274 g/mol. The van der Waals surface area contributed by atoms with Gasteiger partial charge in [0, 0.05) is 17.8 Å². The molecule has 110 valence electrons. The van der Waals surface area contributed by atoms with Crippen LogP contribution in [0, 0.1) is 6.92 Å². The predicted molar refractivity (Wildman–Crippen MR) is 85.9 cm³/mol. The van der Waals surface area contributed by atoms with Gasteiger partial charge >= 0.3 is 0 Å². The molecule has 1 saturated carbocycles. The van der Waals surface area contributed by atoms with E-state index in [2.05, 4.69) is 29.4 Å². The number of rotatable bonds is 3. The average molecular weight is 291 g/mol. The molecule has 4 rings (SSSR count). The Kier molecular flexibility index (Phi) is 2.96. The fourth-order valence-corrected chi connectivity index (χ4v) is 2.62. The Morgan fingerprint density at radius 2 is 1.95 bits per heavy atom. The molecule has 1 aromatic carbocycles. The number of nitrogens with one attached hydrogen (secondary N) is 1. The Hall–Kier alpha value is -2.62. The maximum Gasteiger partial charge on any atom is 0.272 e. The number of carbonyl (C=O) groups excluding carboxylic acids is 1. The van der Waals surface area contributed by atoms with Gasteiger partial charge in [-0.05, 0) is 31.9 Å². The van der Waals surface area contributed by atoms with Gasteiger partial charge in [-0.3, -0.25) is 9.20 Å². The monoisotopic (exact) mass is 291 g/mol. The number of fused-ring (bicyclic) bond motifs is 1. The first-order valence-corrected chi connectivity index (χ1v) is 7.57. The van der Waals surface area contributed by atoms with E-state index in [0.717, 1.165) is 29.7 Å². The van der Waals surface area contributed by atoms with E-state index in [-0.39, 0.29) is 5.91 Å². The normalized spacial score (nSPS) is 14.2. The minimum absolute atomic E-state index is 0.0817. The molecule has 0 bridgehead atoms. The van der Waals surface area contributed by atoms with Crippen molar-refractivity contribution in [3.63, 3.8) is 0 Å². The summed E-state index contributed by atoms with van der Waals surface area (Å²) in [6.07, 6.45) is 4.09. The van der Waals surface area contributed by atoms with Crippen LogP contribution in [0.2, 0.25) is 0 Å². The Labute approximate surface area is 128 Å². The number of aromatic nitrogens is 2. The summed E-state index contributed by atoms with van der Waals surface area (Å²) < 4.78 is 1.98.